The molecule has 124 valence electrons. The van der Waals surface area contributed by atoms with Crippen LogP contribution in [0.5, 0.6) is 0 Å². The summed E-state index contributed by atoms with van der Waals surface area (Å²) in [6, 6.07) is 18.6. The number of hydrogen-bond donors (Lipinski definition) is 1. The molecule has 1 fully saturated rings. The summed E-state index contributed by atoms with van der Waals surface area (Å²) < 4.78 is 0. The number of nitrogens with one attached hydrogen (secondary N) is 1. The first kappa shape index (κ1) is 15.4. The second-order valence-electron chi connectivity index (χ2n) is 7.00. The van der Waals surface area contributed by atoms with E-state index in [1.165, 1.54) is 11.1 Å². The number of carbonyl (C=O) groups is 1. The van der Waals surface area contributed by atoms with Crippen molar-refractivity contribution in [1.29, 1.82) is 0 Å². The number of rotatable bonds is 3. The highest BCUT2D eigenvalue weighted by Crippen LogP contribution is 2.37. The fourth-order valence-corrected chi connectivity index (χ4v) is 4.26. The number of piperidine rings is 1. The van der Waals surface area contributed by atoms with E-state index >= 15 is 0 Å². The van der Waals surface area contributed by atoms with Gasteiger partial charge < -0.3 is 10.2 Å². The standard InChI is InChI=1S/C21H24N2O/c24-20-19-9-5-4-8-18(19)16-21(11-13-22-14-12-21)23(20)15-10-17-6-2-1-3-7-17/h1-9,22H,10-16H2. The Morgan fingerprint density at radius 2 is 1.67 bits per heavy atom. The molecule has 0 radical (unpaired) electrons. The summed E-state index contributed by atoms with van der Waals surface area (Å²) in [4.78, 5) is 15.4. The molecule has 0 atom stereocenters. The molecule has 24 heavy (non-hydrogen) atoms. The van der Waals surface area contributed by atoms with Crippen LogP contribution in [0.25, 0.3) is 0 Å². The van der Waals surface area contributed by atoms with Crippen LogP contribution in [0.4, 0.5) is 0 Å². The molecule has 1 saturated heterocycles. The number of amides is 1. The maximum Gasteiger partial charge on any atom is 0.254 e. The van der Waals surface area contributed by atoms with Crippen LogP contribution in [-0.2, 0) is 12.8 Å². The average molecular weight is 320 g/mol. The molecule has 2 aliphatic heterocycles. The van der Waals surface area contributed by atoms with E-state index in [0.717, 1.165) is 50.9 Å². The topological polar surface area (TPSA) is 32.3 Å². The molecule has 0 bridgehead atoms. The Morgan fingerprint density at radius 3 is 2.46 bits per heavy atom. The normalized spacial score (nSPS) is 19.3. The Labute approximate surface area is 143 Å². The molecule has 2 heterocycles. The van der Waals surface area contributed by atoms with Crippen molar-refractivity contribution in [3.8, 4) is 0 Å². The Balaban J connectivity index is 1.64. The van der Waals surface area contributed by atoms with E-state index in [1.807, 2.05) is 18.2 Å². The van der Waals surface area contributed by atoms with E-state index in [1.54, 1.807) is 0 Å². The van der Waals surface area contributed by atoms with Gasteiger partial charge in [-0.05, 0) is 56.0 Å². The molecule has 2 aliphatic rings. The second-order valence-corrected chi connectivity index (χ2v) is 7.00. The lowest BCUT2D eigenvalue weighted by Gasteiger charge is -2.50. The lowest BCUT2D eigenvalue weighted by molar-refractivity contribution is 0.0310. The molecule has 4 rings (SSSR count). The van der Waals surface area contributed by atoms with Crippen molar-refractivity contribution < 1.29 is 4.79 Å². The molecule has 1 spiro atoms. The highest BCUT2D eigenvalue weighted by atomic mass is 16.2. The van der Waals surface area contributed by atoms with E-state index in [9.17, 15) is 4.79 Å². The zero-order valence-electron chi connectivity index (χ0n) is 14.0. The van der Waals surface area contributed by atoms with Gasteiger partial charge >= 0.3 is 0 Å². The van der Waals surface area contributed by atoms with Gasteiger partial charge in [0.05, 0.1) is 0 Å². The van der Waals surface area contributed by atoms with Crippen LogP contribution in [0.1, 0.15) is 34.3 Å². The lowest BCUT2D eigenvalue weighted by atomic mass is 9.76. The van der Waals surface area contributed by atoms with E-state index in [2.05, 4.69) is 46.6 Å². The van der Waals surface area contributed by atoms with Crippen LogP contribution in [0.3, 0.4) is 0 Å². The third-order valence-electron chi connectivity index (χ3n) is 5.59. The molecule has 0 aliphatic carbocycles. The zero-order chi connectivity index (χ0) is 16.4. The molecule has 3 heteroatoms. The molecular weight excluding hydrogens is 296 g/mol. The van der Waals surface area contributed by atoms with Gasteiger partial charge in [-0.25, -0.2) is 0 Å². The van der Waals surface area contributed by atoms with Crippen molar-refractivity contribution in [3.63, 3.8) is 0 Å². The monoisotopic (exact) mass is 320 g/mol. The quantitative estimate of drug-likeness (QED) is 0.943. The van der Waals surface area contributed by atoms with Crippen molar-refractivity contribution in [2.45, 2.75) is 31.2 Å². The molecule has 0 aromatic heterocycles. The van der Waals surface area contributed by atoms with Gasteiger partial charge in [-0.3, -0.25) is 4.79 Å². The Hall–Kier alpha value is -2.13. The van der Waals surface area contributed by atoms with Gasteiger partial charge in [0, 0.05) is 17.6 Å². The number of carbonyl (C=O) groups excluding carboxylic acids is 1. The van der Waals surface area contributed by atoms with Crippen LogP contribution < -0.4 is 5.32 Å². The third-order valence-corrected chi connectivity index (χ3v) is 5.59. The number of fused-ring (bicyclic) bond motifs is 1. The van der Waals surface area contributed by atoms with Gasteiger partial charge in [-0.15, -0.1) is 0 Å². The summed E-state index contributed by atoms with van der Waals surface area (Å²) in [5.41, 5.74) is 3.41. The molecule has 2 aromatic rings. The predicted octanol–water partition coefficient (Wildman–Crippen LogP) is 3.05. The molecule has 0 saturated carbocycles. The number of nitrogens with zero attached hydrogens (tertiary/aromatic N) is 1. The smallest absolute Gasteiger partial charge is 0.254 e. The second kappa shape index (κ2) is 6.40. The third kappa shape index (κ3) is 2.73. The predicted molar refractivity (Wildman–Crippen MR) is 96.2 cm³/mol. The zero-order valence-corrected chi connectivity index (χ0v) is 14.0. The Kier molecular flexibility index (Phi) is 4.11. The van der Waals surface area contributed by atoms with Crippen LogP contribution in [0.2, 0.25) is 0 Å². The van der Waals surface area contributed by atoms with Crippen molar-refractivity contribution in [1.82, 2.24) is 10.2 Å². The molecule has 1 amide bonds. The minimum absolute atomic E-state index is 0.00847. The van der Waals surface area contributed by atoms with Gasteiger partial charge in [0.15, 0.2) is 0 Å². The van der Waals surface area contributed by atoms with Gasteiger partial charge in [0.25, 0.3) is 5.91 Å². The van der Waals surface area contributed by atoms with Crippen LogP contribution >= 0.6 is 0 Å². The van der Waals surface area contributed by atoms with Crippen molar-refractivity contribution in [2.75, 3.05) is 19.6 Å². The lowest BCUT2D eigenvalue weighted by Crippen LogP contribution is -2.61. The summed E-state index contributed by atoms with van der Waals surface area (Å²) in [5, 5.41) is 3.45. The average Bonchev–Trinajstić information content (AvgIpc) is 2.63. The van der Waals surface area contributed by atoms with Gasteiger partial charge in [-0.2, -0.15) is 0 Å². The Bertz CT molecular complexity index is 720. The molecule has 2 aromatic carbocycles. The van der Waals surface area contributed by atoms with E-state index in [-0.39, 0.29) is 11.4 Å². The largest absolute Gasteiger partial charge is 0.332 e. The first-order chi connectivity index (χ1) is 11.8. The van der Waals surface area contributed by atoms with Crippen molar-refractivity contribution in [2.24, 2.45) is 0 Å². The fraction of sp³-hybridized carbons (Fsp3) is 0.381. The summed E-state index contributed by atoms with van der Waals surface area (Å²) in [6.45, 7) is 2.80. The van der Waals surface area contributed by atoms with Crippen LogP contribution in [-0.4, -0.2) is 36.0 Å². The molecule has 1 N–H and O–H groups in total. The summed E-state index contributed by atoms with van der Waals surface area (Å²) in [5.74, 6) is 0.217. The summed E-state index contributed by atoms with van der Waals surface area (Å²) in [6.07, 6.45) is 4.00. The van der Waals surface area contributed by atoms with Crippen molar-refractivity contribution >= 4 is 5.91 Å². The SMILES string of the molecule is O=C1c2ccccc2CC2(CCNCC2)N1CCc1ccccc1. The van der Waals surface area contributed by atoms with E-state index in [0.29, 0.717) is 0 Å². The van der Waals surface area contributed by atoms with Gasteiger partial charge in [-0.1, -0.05) is 48.5 Å². The maximum atomic E-state index is 13.2. The molecular formula is C21H24N2O. The highest BCUT2D eigenvalue weighted by Gasteiger charge is 2.44. The van der Waals surface area contributed by atoms with Crippen LogP contribution in [0.15, 0.2) is 54.6 Å². The van der Waals surface area contributed by atoms with Crippen molar-refractivity contribution in [3.05, 3.63) is 71.3 Å². The van der Waals surface area contributed by atoms with Gasteiger partial charge in [0.2, 0.25) is 0 Å². The number of hydrogen-bond acceptors (Lipinski definition) is 2. The number of benzene rings is 2. The van der Waals surface area contributed by atoms with Gasteiger partial charge in [0.1, 0.15) is 0 Å². The van der Waals surface area contributed by atoms with E-state index < -0.39 is 0 Å². The minimum atomic E-state index is -0.00847. The highest BCUT2D eigenvalue weighted by molar-refractivity contribution is 5.97. The first-order valence-electron chi connectivity index (χ1n) is 8.93. The maximum absolute atomic E-state index is 13.2. The Morgan fingerprint density at radius 1 is 0.958 bits per heavy atom. The molecule has 0 unspecified atom stereocenters. The first-order valence-corrected chi connectivity index (χ1v) is 8.93. The fourth-order valence-electron chi connectivity index (χ4n) is 4.26. The molecule has 3 nitrogen and oxygen atoms in total. The minimum Gasteiger partial charge on any atom is -0.332 e. The van der Waals surface area contributed by atoms with Crippen LogP contribution in [0, 0.1) is 0 Å². The summed E-state index contributed by atoms with van der Waals surface area (Å²) in [7, 11) is 0. The van der Waals surface area contributed by atoms with E-state index in [4.69, 9.17) is 0 Å². The summed E-state index contributed by atoms with van der Waals surface area (Å²) >= 11 is 0.